The van der Waals surface area contributed by atoms with Crippen LogP contribution in [-0.4, -0.2) is 52.3 Å². The number of nitrogens with one attached hydrogen (secondary N) is 2. The molecule has 0 saturated carbocycles. The van der Waals surface area contributed by atoms with Crippen LogP contribution < -0.4 is 0 Å². The first-order valence-corrected chi connectivity index (χ1v) is 19.7. The summed E-state index contributed by atoms with van der Waals surface area (Å²) in [5, 5.41) is 43.0. The highest BCUT2D eigenvalue weighted by Crippen LogP contribution is 2.42. The number of benzene rings is 2. The molecule has 2 atom stereocenters. The molecule has 5 aromatic rings. The molecule has 0 amide bonds. The van der Waals surface area contributed by atoms with Gasteiger partial charge >= 0.3 is 11.9 Å². The van der Waals surface area contributed by atoms with E-state index in [4.69, 9.17) is 9.97 Å². The maximum Gasteiger partial charge on any atom is 0.335 e. The number of aliphatic hydroxyl groups excluding tert-OH is 2. The lowest BCUT2D eigenvalue weighted by molar-refractivity contribution is 0.0252. The summed E-state index contributed by atoms with van der Waals surface area (Å²) in [6.07, 6.45) is 10.9. The first kappa shape index (κ1) is 38.4. The summed E-state index contributed by atoms with van der Waals surface area (Å²) in [4.78, 5) is 41.1. The molecule has 2 aromatic carbocycles. The molecule has 0 radical (unpaired) electrons. The van der Waals surface area contributed by atoms with E-state index in [0.717, 1.165) is 108 Å². The summed E-state index contributed by atoms with van der Waals surface area (Å²) in [5.41, 5.74) is 10.2. The predicted molar refractivity (Wildman–Crippen MR) is 220 cm³/mol. The van der Waals surface area contributed by atoms with Gasteiger partial charge in [0.1, 0.15) is 12.2 Å². The van der Waals surface area contributed by atoms with Crippen LogP contribution in [0.25, 0.3) is 56.5 Å². The number of rotatable bonds is 14. The number of carboxylic acids is 2. The van der Waals surface area contributed by atoms with E-state index in [-0.39, 0.29) is 16.8 Å². The Kier molecular flexibility index (Phi) is 11.6. The van der Waals surface area contributed by atoms with Gasteiger partial charge in [0.15, 0.2) is 0 Å². The third kappa shape index (κ3) is 7.80. The number of hydrogen-bond acceptors (Lipinski definition) is 6. The van der Waals surface area contributed by atoms with Crippen molar-refractivity contribution in [2.45, 2.75) is 90.3 Å². The summed E-state index contributed by atoms with van der Waals surface area (Å²) in [6, 6.07) is 21.2. The fourth-order valence-electron chi connectivity index (χ4n) is 7.81. The SMILES string of the molecule is CCCCCCc1c2nc(c(-c3ccc(C(=O)O)cc3)c3ccc([nH]3)c(CCCCCC)c3nc(c(-c4ccc(C(=O)O)cc4)c4ccc1[nH]4)C(O)[C@H]3O)C=C2. The highest BCUT2D eigenvalue weighted by Gasteiger charge is 2.34. The van der Waals surface area contributed by atoms with Crippen LogP contribution in [-0.2, 0) is 12.8 Å². The van der Waals surface area contributed by atoms with Crippen LogP contribution in [0.15, 0.2) is 72.8 Å². The second kappa shape index (κ2) is 16.9. The number of H-pyrrole nitrogens is 2. The van der Waals surface area contributed by atoms with E-state index >= 15 is 0 Å². The molecule has 0 saturated heterocycles. The zero-order valence-corrected chi connectivity index (χ0v) is 31.8. The van der Waals surface area contributed by atoms with Gasteiger partial charge in [-0.05, 0) is 103 Å². The second-order valence-electron chi connectivity index (χ2n) is 14.7. The Morgan fingerprint density at radius 1 is 0.536 bits per heavy atom. The largest absolute Gasteiger partial charge is 0.478 e. The van der Waals surface area contributed by atoms with E-state index in [1.54, 1.807) is 36.4 Å². The van der Waals surface area contributed by atoms with Gasteiger partial charge in [-0.15, -0.1) is 0 Å². The highest BCUT2D eigenvalue weighted by atomic mass is 16.4. The topological polar surface area (TPSA) is 172 Å². The van der Waals surface area contributed by atoms with Crippen molar-refractivity contribution in [1.82, 2.24) is 19.9 Å². The van der Waals surface area contributed by atoms with Crippen LogP contribution in [0.2, 0.25) is 0 Å². The van der Waals surface area contributed by atoms with E-state index in [0.29, 0.717) is 28.8 Å². The summed E-state index contributed by atoms with van der Waals surface area (Å²) in [5.74, 6) is -2.04. The first-order chi connectivity index (χ1) is 27.2. The van der Waals surface area contributed by atoms with Gasteiger partial charge in [-0.25, -0.2) is 14.6 Å². The first-order valence-electron chi connectivity index (χ1n) is 19.7. The molecular formula is C46H48N4O6. The van der Waals surface area contributed by atoms with E-state index in [9.17, 15) is 30.0 Å². The Morgan fingerprint density at radius 3 is 1.55 bits per heavy atom. The number of aromatic carboxylic acids is 2. The van der Waals surface area contributed by atoms with Gasteiger partial charge in [-0.1, -0.05) is 76.6 Å². The van der Waals surface area contributed by atoms with E-state index in [1.807, 2.05) is 36.4 Å². The van der Waals surface area contributed by atoms with Crippen LogP contribution in [0.3, 0.4) is 0 Å². The fourth-order valence-corrected chi connectivity index (χ4v) is 7.81. The smallest absolute Gasteiger partial charge is 0.335 e. The Morgan fingerprint density at radius 2 is 1.00 bits per heavy atom. The molecule has 0 aliphatic carbocycles. The van der Waals surface area contributed by atoms with Crippen molar-refractivity contribution in [3.05, 3.63) is 118 Å². The summed E-state index contributed by atoms with van der Waals surface area (Å²) < 4.78 is 0. The minimum Gasteiger partial charge on any atom is -0.478 e. The quantitative estimate of drug-likeness (QED) is 0.0597. The number of fused-ring (bicyclic) bond motifs is 8. The maximum atomic E-state index is 11.9. The van der Waals surface area contributed by atoms with Crippen molar-refractivity contribution in [1.29, 1.82) is 0 Å². The van der Waals surface area contributed by atoms with Gasteiger partial charge in [0.05, 0.1) is 33.9 Å². The molecule has 2 aliphatic heterocycles. The Balaban J connectivity index is 1.59. The molecule has 7 rings (SSSR count). The number of aliphatic hydroxyl groups is 2. The predicted octanol–water partition coefficient (Wildman–Crippen LogP) is 10.2. The number of aryl methyl sites for hydroxylation is 2. The Hall–Kier alpha value is -5.84. The lowest BCUT2D eigenvalue weighted by atomic mass is 9.97. The number of nitrogens with zero attached hydrogens (tertiary/aromatic N) is 2. The van der Waals surface area contributed by atoms with Gasteiger partial charge in [0.2, 0.25) is 0 Å². The number of aromatic amines is 2. The van der Waals surface area contributed by atoms with Gasteiger partial charge in [0, 0.05) is 38.8 Å². The number of carbonyl (C=O) groups is 2. The monoisotopic (exact) mass is 752 g/mol. The van der Waals surface area contributed by atoms with Gasteiger partial charge in [-0.2, -0.15) is 0 Å². The molecule has 0 spiro atoms. The standard InChI is InChI=1S/C46H48N4O6/c1-3-5-7-9-11-31-33-21-24-36(47-33)39(27-13-17-29(18-14-27)45(53)54)37-25-23-35(49-37)32(12-10-8-6-4-2)41-43(51)44(52)42(50-41)40(38-26-22-34(31)48-38)28-15-19-30(20-16-28)46(55)56/h13-26,43-44,48-49,51-52H,3-12H2,1-2H3,(H,53,54)(H,55,56)/t43-,44?/m0/s1. The molecule has 10 heteroatoms. The number of hydrogen-bond donors (Lipinski definition) is 6. The molecule has 3 aromatic heterocycles. The third-order valence-electron chi connectivity index (χ3n) is 10.8. The third-order valence-corrected chi connectivity index (χ3v) is 10.8. The lowest BCUT2D eigenvalue weighted by Crippen LogP contribution is -2.06. The lowest BCUT2D eigenvalue weighted by Gasteiger charge is -2.13. The minimum atomic E-state index is -1.35. The van der Waals surface area contributed by atoms with Crippen molar-refractivity contribution in [3.63, 3.8) is 0 Å². The molecule has 0 fully saturated rings. The van der Waals surface area contributed by atoms with Crippen molar-refractivity contribution < 1.29 is 30.0 Å². The summed E-state index contributed by atoms with van der Waals surface area (Å²) in [6.45, 7) is 4.34. The van der Waals surface area contributed by atoms with Crippen molar-refractivity contribution in [2.24, 2.45) is 0 Å². The van der Waals surface area contributed by atoms with Crippen LogP contribution in [0.5, 0.6) is 0 Å². The summed E-state index contributed by atoms with van der Waals surface area (Å²) >= 11 is 0. The molecule has 288 valence electrons. The molecule has 1 unspecified atom stereocenters. The van der Waals surface area contributed by atoms with Crippen LogP contribution in [0.4, 0.5) is 0 Å². The average molecular weight is 753 g/mol. The molecule has 2 aliphatic rings. The molecule has 56 heavy (non-hydrogen) atoms. The molecule has 6 N–H and O–H groups in total. The summed E-state index contributed by atoms with van der Waals surface area (Å²) in [7, 11) is 0. The number of aromatic nitrogens is 4. The average Bonchev–Trinajstić information content (AvgIpc) is 4.03. The van der Waals surface area contributed by atoms with E-state index < -0.39 is 24.1 Å². The molecular weight excluding hydrogens is 705 g/mol. The van der Waals surface area contributed by atoms with Crippen molar-refractivity contribution >= 4 is 46.2 Å². The van der Waals surface area contributed by atoms with E-state index in [1.165, 1.54) is 12.1 Å². The normalized spacial score (nSPS) is 15.0. The Labute approximate surface area is 325 Å². The van der Waals surface area contributed by atoms with Gasteiger partial charge in [-0.3, -0.25) is 4.98 Å². The van der Waals surface area contributed by atoms with Crippen molar-refractivity contribution in [2.75, 3.05) is 0 Å². The molecule has 5 heterocycles. The Bertz CT molecular complexity index is 2440. The van der Waals surface area contributed by atoms with Crippen LogP contribution in [0, 0.1) is 0 Å². The maximum absolute atomic E-state index is 11.9. The van der Waals surface area contributed by atoms with Crippen molar-refractivity contribution in [3.8, 4) is 22.3 Å². The molecule has 8 bridgehead atoms. The number of carboxylic acid groups (broad SMARTS) is 2. The zero-order chi connectivity index (χ0) is 39.3. The zero-order valence-electron chi connectivity index (χ0n) is 31.8. The highest BCUT2D eigenvalue weighted by molar-refractivity contribution is 5.94. The number of unbranched alkanes of at least 4 members (excludes halogenated alkanes) is 6. The van der Waals surface area contributed by atoms with Gasteiger partial charge in [0.25, 0.3) is 0 Å². The van der Waals surface area contributed by atoms with Gasteiger partial charge < -0.3 is 30.4 Å². The van der Waals surface area contributed by atoms with Crippen LogP contribution in [0.1, 0.15) is 132 Å². The fraction of sp³-hybridized carbons (Fsp3) is 0.304. The minimum absolute atomic E-state index is 0.135. The molecule has 10 nitrogen and oxygen atoms in total. The van der Waals surface area contributed by atoms with E-state index in [2.05, 4.69) is 23.8 Å². The second-order valence-corrected chi connectivity index (χ2v) is 14.7. The van der Waals surface area contributed by atoms with Crippen LogP contribution >= 0.6 is 0 Å².